The van der Waals surface area contributed by atoms with Crippen molar-refractivity contribution in [3.63, 3.8) is 0 Å². The van der Waals surface area contributed by atoms with Gasteiger partial charge in [0.15, 0.2) is 11.4 Å². The number of aliphatic hydroxyl groups excluding tert-OH is 2. The van der Waals surface area contributed by atoms with Gasteiger partial charge >= 0.3 is 5.97 Å². The topological polar surface area (TPSA) is 188 Å². The van der Waals surface area contributed by atoms with Crippen molar-refractivity contribution >= 4 is 41.0 Å². The molecule has 1 aromatic rings. The number of nitrogens with zero attached hydrogens (tertiary/aromatic N) is 1. The molecule has 0 bridgehead atoms. The van der Waals surface area contributed by atoms with E-state index in [1.54, 1.807) is 30.8 Å². The third-order valence-corrected chi connectivity index (χ3v) is 10.6. The summed E-state index contributed by atoms with van der Waals surface area (Å²) in [6.07, 6.45) is 2.77. The van der Waals surface area contributed by atoms with E-state index in [0.29, 0.717) is 16.6 Å². The first-order chi connectivity index (χ1) is 19.9. The zero-order valence-electron chi connectivity index (χ0n) is 23.7. The van der Waals surface area contributed by atoms with Crippen LogP contribution in [-0.4, -0.2) is 91.6 Å². The molecule has 1 aromatic carbocycles. The van der Waals surface area contributed by atoms with Gasteiger partial charge in [0.05, 0.1) is 17.5 Å². The number of benzene rings is 1. The average Bonchev–Trinajstić information content (AvgIpc) is 3.45. The number of hydrogen-bond donors (Lipinski definition) is 5. The summed E-state index contributed by atoms with van der Waals surface area (Å²) in [7, 11) is 3.00. The molecule has 0 aliphatic heterocycles. The van der Waals surface area contributed by atoms with Gasteiger partial charge in [0.2, 0.25) is 5.78 Å². The van der Waals surface area contributed by atoms with Crippen molar-refractivity contribution in [1.82, 2.24) is 4.90 Å². The number of ketones is 2. The van der Waals surface area contributed by atoms with E-state index in [4.69, 9.17) is 10.5 Å². The van der Waals surface area contributed by atoms with Crippen LogP contribution in [0.3, 0.4) is 0 Å². The summed E-state index contributed by atoms with van der Waals surface area (Å²) in [6, 6.07) is 3.31. The fourth-order valence-corrected chi connectivity index (χ4v) is 8.77. The third-order valence-electron chi connectivity index (χ3n) is 9.14. The van der Waals surface area contributed by atoms with Crippen LogP contribution in [0.15, 0.2) is 35.1 Å². The van der Waals surface area contributed by atoms with Crippen LogP contribution in [0, 0.1) is 11.8 Å². The average molecular weight is 601 g/mol. The molecule has 1 amide bonds. The predicted molar refractivity (Wildman–Crippen MR) is 154 cm³/mol. The molecule has 5 rings (SSSR count). The summed E-state index contributed by atoms with van der Waals surface area (Å²) < 4.78 is 5.96. The van der Waals surface area contributed by atoms with Gasteiger partial charge < -0.3 is 30.9 Å². The van der Waals surface area contributed by atoms with Crippen LogP contribution in [0.2, 0.25) is 0 Å². The number of phenols is 1. The number of carbonyl (C=O) groups is 4. The predicted octanol–water partition coefficient (Wildman–Crippen LogP) is 2.11. The summed E-state index contributed by atoms with van der Waals surface area (Å²) in [5.41, 5.74) is 1.74. The Morgan fingerprint density at radius 2 is 1.81 bits per heavy atom. The SMILES string of the molecule is CCC(=O)O[C@H]1C2C(=C(O)c3c(O)cccc3[C@@H]2CSC2CCCC2)C(=O)C2(O)C(O)=C(C(N)=O)C(=O)[C@@H](N(C)C)C12. The number of likely N-dealkylation sites (N-methyl/N-ethyl adjacent to an activating group) is 1. The van der Waals surface area contributed by atoms with Gasteiger partial charge in [-0.15, -0.1) is 0 Å². The number of nitrogens with two attached hydrogens (primary N) is 1. The first kappa shape index (κ1) is 30.1. The lowest BCUT2D eigenvalue weighted by atomic mass is 9.54. The van der Waals surface area contributed by atoms with Crippen molar-refractivity contribution in [2.75, 3.05) is 19.8 Å². The lowest BCUT2D eigenvalue weighted by Gasteiger charge is -2.54. The molecule has 4 aliphatic carbocycles. The number of ether oxygens (including phenoxy) is 1. The zero-order valence-corrected chi connectivity index (χ0v) is 24.5. The number of phenolic OH excluding ortho intramolecular Hbond substituents is 1. The van der Waals surface area contributed by atoms with Crippen molar-refractivity contribution in [2.24, 2.45) is 17.6 Å². The molecule has 0 spiro atoms. The van der Waals surface area contributed by atoms with Crippen molar-refractivity contribution < 1.29 is 44.3 Å². The summed E-state index contributed by atoms with van der Waals surface area (Å²) in [4.78, 5) is 54.7. The van der Waals surface area contributed by atoms with Crippen LogP contribution in [0.5, 0.6) is 5.75 Å². The van der Waals surface area contributed by atoms with E-state index in [0.717, 1.165) is 25.7 Å². The maximum absolute atomic E-state index is 14.4. The molecule has 0 aromatic heterocycles. The molecule has 2 fully saturated rings. The highest BCUT2D eigenvalue weighted by molar-refractivity contribution is 7.99. The second-order valence-electron chi connectivity index (χ2n) is 11.7. The monoisotopic (exact) mass is 600 g/mol. The second-order valence-corrected chi connectivity index (χ2v) is 13.0. The van der Waals surface area contributed by atoms with Gasteiger partial charge in [-0.3, -0.25) is 24.1 Å². The number of fused-ring (bicyclic) bond motifs is 3. The number of aliphatic hydroxyl groups is 3. The van der Waals surface area contributed by atoms with Crippen molar-refractivity contribution in [3.8, 4) is 5.75 Å². The minimum atomic E-state index is -2.95. The minimum absolute atomic E-state index is 0.00591. The number of carbonyl (C=O) groups excluding carboxylic acids is 4. The fraction of sp³-hybridized carbons (Fsp3) is 0.533. The van der Waals surface area contributed by atoms with Crippen molar-refractivity contribution in [1.29, 1.82) is 0 Å². The zero-order chi connectivity index (χ0) is 30.7. The molecule has 12 heteroatoms. The molecule has 0 saturated heterocycles. The van der Waals surface area contributed by atoms with E-state index in [9.17, 15) is 39.6 Å². The van der Waals surface area contributed by atoms with Crippen LogP contribution >= 0.6 is 11.8 Å². The summed E-state index contributed by atoms with van der Waals surface area (Å²) in [6.45, 7) is 1.57. The van der Waals surface area contributed by atoms with E-state index in [1.807, 2.05) is 0 Å². The quantitative estimate of drug-likeness (QED) is 0.228. The number of primary amides is 1. The molecule has 0 heterocycles. The molecular weight excluding hydrogens is 564 g/mol. The molecule has 226 valence electrons. The molecule has 11 nitrogen and oxygen atoms in total. The van der Waals surface area contributed by atoms with Gasteiger partial charge in [-0.1, -0.05) is 31.9 Å². The highest BCUT2D eigenvalue weighted by Gasteiger charge is 2.69. The Morgan fingerprint density at radius 3 is 2.40 bits per heavy atom. The summed E-state index contributed by atoms with van der Waals surface area (Å²) in [5.74, 6) is -9.03. The maximum atomic E-state index is 14.4. The molecule has 6 N–H and O–H groups in total. The van der Waals surface area contributed by atoms with Crippen LogP contribution in [0.1, 0.15) is 56.1 Å². The normalized spacial score (nSPS) is 31.2. The first-order valence-corrected chi connectivity index (χ1v) is 15.2. The number of rotatable bonds is 7. The summed E-state index contributed by atoms with van der Waals surface area (Å²) in [5, 5.41) is 46.2. The van der Waals surface area contributed by atoms with Crippen molar-refractivity contribution in [2.45, 2.75) is 67.9 Å². The number of esters is 1. The Bertz CT molecular complexity index is 1410. The molecule has 3 unspecified atom stereocenters. The fourth-order valence-electron chi connectivity index (χ4n) is 7.24. The van der Waals surface area contributed by atoms with Gasteiger partial charge in [0, 0.05) is 34.8 Å². The van der Waals surface area contributed by atoms with E-state index >= 15 is 0 Å². The van der Waals surface area contributed by atoms with Gasteiger partial charge in [-0.05, 0) is 38.6 Å². The lowest BCUT2D eigenvalue weighted by Crippen LogP contribution is -2.71. The van der Waals surface area contributed by atoms with E-state index in [-0.39, 0.29) is 23.3 Å². The Kier molecular flexibility index (Phi) is 7.92. The number of Topliss-reactive ketones (excluding diaryl/α,β-unsaturated/α-hetero) is 2. The van der Waals surface area contributed by atoms with E-state index in [2.05, 4.69) is 0 Å². The molecule has 0 radical (unpaired) electrons. The van der Waals surface area contributed by atoms with Crippen LogP contribution in [-0.2, 0) is 23.9 Å². The van der Waals surface area contributed by atoms with Gasteiger partial charge in [0.25, 0.3) is 5.91 Å². The van der Waals surface area contributed by atoms with Crippen LogP contribution < -0.4 is 5.73 Å². The second kappa shape index (κ2) is 11.1. The van der Waals surface area contributed by atoms with E-state index in [1.165, 1.54) is 25.1 Å². The van der Waals surface area contributed by atoms with Crippen LogP contribution in [0.25, 0.3) is 5.76 Å². The lowest BCUT2D eigenvalue weighted by molar-refractivity contribution is -0.185. The highest BCUT2D eigenvalue weighted by atomic mass is 32.2. The first-order valence-electron chi connectivity index (χ1n) is 14.1. The van der Waals surface area contributed by atoms with Gasteiger partial charge in [-0.2, -0.15) is 11.8 Å². The van der Waals surface area contributed by atoms with E-state index < -0.39 is 76.0 Å². The van der Waals surface area contributed by atoms with Crippen LogP contribution in [0.4, 0.5) is 0 Å². The Morgan fingerprint density at radius 1 is 1.14 bits per heavy atom. The van der Waals surface area contributed by atoms with Gasteiger partial charge in [-0.25, -0.2) is 0 Å². The Labute approximate surface area is 247 Å². The molecule has 42 heavy (non-hydrogen) atoms. The molecular formula is C30H36N2O9S. The van der Waals surface area contributed by atoms with Gasteiger partial charge in [0.1, 0.15) is 28.9 Å². The summed E-state index contributed by atoms with van der Waals surface area (Å²) >= 11 is 1.69. The Balaban J connectivity index is 1.80. The Hall–Kier alpha value is -3.35. The molecule has 4 aliphatic rings. The standard InChI is InChI=1S/C30H36N2O9S/c1-4-17(34)41-26-19-15(12-42-13-8-5-6-9-13)14-10-7-11-16(33)18(14)24(35)20(19)27(37)30(40)22(26)23(32(2)3)25(36)21(28(30)38)29(31)39/h7,10-11,13,15,19,22-23,26,33,35,38,40H,4-6,8-9,12H2,1-3H3,(H2,31,39)/t15-,19?,22?,23-,26-,30?/m0/s1. The smallest absolute Gasteiger partial charge is 0.305 e. The molecule has 6 atom stereocenters. The van der Waals surface area contributed by atoms with Crippen molar-refractivity contribution in [3.05, 3.63) is 46.2 Å². The third kappa shape index (κ3) is 4.42. The molecule has 2 saturated carbocycles. The minimum Gasteiger partial charge on any atom is -0.508 e. The number of aromatic hydroxyl groups is 1. The highest BCUT2D eigenvalue weighted by Crippen LogP contribution is 2.58. The number of hydrogen-bond acceptors (Lipinski definition) is 11. The maximum Gasteiger partial charge on any atom is 0.305 e. The number of thioether (sulfide) groups is 1. The largest absolute Gasteiger partial charge is 0.508 e. The number of amides is 1.